The second kappa shape index (κ2) is 6.96. The van der Waals surface area contributed by atoms with Gasteiger partial charge in [-0.15, -0.1) is 11.3 Å². The number of piperazine rings is 1. The molecule has 1 aliphatic rings. The summed E-state index contributed by atoms with van der Waals surface area (Å²) in [6.07, 6.45) is 3.21. The van der Waals surface area contributed by atoms with E-state index in [1.54, 1.807) is 10.7 Å². The summed E-state index contributed by atoms with van der Waals surface area (Å²) in [5.41, 5.74) is 0.916. The highest BCUT2D eigenvalue weighted by Crippen LogP contribution is 2.19. The molecule has 1 atom stereocenters. The average Bonchev–Trinajstić information content (AvgIpc) is 3.32. The van der Waals surface area contributed by atoms with Crippen molar-refractivity contribution in [2.45, 2.75) is 19.9 Å². The largest absolute Gasteiger partial charge is 0.354 e. The summed E-state index contributed by atoms with van der Waals surface area (Å²) in [6.45, 7) is 7.11. The Kier molecular flexibility index (Phi) is 4.51. The number of hydrogen-bond acceptors (Lipinski definition) is 8. The van der Waals surface area contributed by atoms with Gasteiger partial charge in [0.05, 0.1) is 6.04 Å². The molecule has 1 amide bonds. The molecule has 0 radical (unpaired) electrons. The first-order valence-electron chi connectivity index (χ1n) is 8.48. The number of fused-ring (bicyclic) bond motifs is 1. The molecule has 0 spiro atoms. The zero-order valence-electron chi connectivity index (χ0n) is 14.7. The minimum atomic E-state index is -0.202. The van der Waals surface area contributed by atoms with E-state index in [0.717, 1.165) is 37.7 Å². The van der Waals surface area contributed by atoms with Gasteiger partial charge in [-0.3, -0.25) is 9.69 Å². The summed E-state index contributed by atoms with van der Waals surface area (Å²) in [7, 11) is 0. The van der Waals surface area contributed by atoms with E-state index in [0.29, 0.717) is 10.9 Å². The maximum absolute atomic E-state index is 12.4. The minimum absolute atomic E-state index is 0.0215. The van der Waals surface area contributed by atoms with E-state index in [1.165, 1.54) is 17.7 Å². The molecule has 26 heavy (non-hydrogen) atoms. The predicted molar refractivity (Wildman–Crippen MR) is 99.5 cm³/mol. The molecular weight excluding hydrogens is 352 g/mol. The Morgan fingerprint density at radius 3 is 2.81 bits per heavy atom. The van der Waals surface area contributed by atoms with Gasteiger partial charge in [0.1, 0.15) is 12.1 Å². The highest BCUT2D eigenvalue weighted by molar-refractivity contribution is 7.13. The number of thiazole rings is 1. The SMILES string of the molecule is Cc1cc(N2CCN(C(C)C(=O)Nc3nccs3)CC2)n2ncnc2n1. The van der Waals surface area contributed by atoms with Crippen molar-refractivity contribution in [3.05, 3.63) is 29.7 Å². The van der Waals surface area contributed by atoms with Gasteiger partial charge in [-0.1, -0.05) is 0 Å². The van der Waals surface area contributed by atoms with Crippen LogP contribution < -0.4 is 10.2 Å². The highest BCUT2D eigenvalue weighted by Gasteiger charge is 2.27. The molecule has 0 aromatic carbocycles. The van der Waals surface area contributed by atoms with Crippen LogP contribution in [0.15, 0.2) is 24.0 Å². The van der Waals surface area contributed by atoms with Crippen molar-refractivity contribution < 1.29 is 4.79 Å². The molecule has 1 aliphatic heterocycles. The van der Waals surface area contributed by atoms with E-state index < -0.39 is 0 Å². The van der Waals surface area contributed by atoms with Gasteiger partial charge >= 0.3 is 0 Å². The van der Waals surface area contributed by atoms with Crippen molar-refractivity contribution in [1.82, 2.24) is 29.5 Å². The Hall–Kier alpha value is -2.59. The van der Waals surface area contributed by atoms with Gasteiger partial charge in [0.2, 0.25) is 5.91 Å². The minimum Gasteiger partial charge on any atom is -0.354 e. The summed E-state index contributed by atoms with van der Waals surface area (Å²) in [4.78, 5) is 29.5. The second-order valence-corrected chi connectivity index (χ2v) is 7.15. The van der Waals surface area contributed by atoms with Crippen molar-refractivity contribution >= 4 is 34.0 Å². The molecule has 1 saturated heterocycles. The summed E-state index contributed by atoms with van der Waals surface area (Å²) in [6, 6.07) is 1.82. The number of nitrogens with one attached hydrogen (secondary N) is 1. The number of amides is 1. The van der Waals surface area contributed by atoms with Crippen LogP contribution in [0.4, 0.5) is 10.9 Å². The number of aromatic nitrogens is 5. The number of rotatable bonds is 4. The number of carbonyl (C=O) groups is 1. The molecule has 136 valence electrons. The van der Waals surface area contributed by atoms with E-state index in [1.807, 2.05) is 25.3 Å². The Balaban J connectivity index is 1.42. The number of aryl methyl sites for hydroxylation is 1. The van der Waals surface area contributed by atoms with Crippen molar-refractivity contribution in [2.24, 2.45) is 0 Å². The van der Waals surface area contributed by atoms with Crippen LogP contribution in [0, 0.1) is 6.92 Å². The molecule has 1 N–H and O–H groups in total. The maximum atomic E-state index is 12.4. The third kappa shape index (κ3) is 3.25. The van der Waals surface area contributed by atoms with Gasteiger partial charge < -0.3 is 10.2 Å². The fraction of sp³-hybridized carbons (Fsp3) is 0.438. The third-order valence-corrected chi connectivity index (χ3v) is 5.28. The van der Waals surface area contributed by atoms with Crippen molar-refractivity contribution in [1.29, 1.82) is 0 Å². The quantitative estimate of drug-likeness (QED) is 0.731. The number of carbonyl (C=O) groups excluding carboxylic acids is 1. The lowest BCUT2D eigenvalue weighted by Crippen LogP contribution is -2.53. The normalized spacial score (nSPS) is 16.8. The Morgan fingerprint density at radius 1 is 1.27 bits per heavy atom. The first kappa shape index (κ1) is 16.9. The number of anilines is 2. The predicted octanol–water partition coefficient (Wildman–Crippen LogP) is 1.04. The fourth-order valence-corrected chi connectivity index (χ4v) is 3.67. The zero-order chi connectivity index (χ0) is 18.1. The molecule has 4 heterocycles. The molecule has 10 heteroatoms. The van der Waals surface area contributed by atoms with E-state index >= 15 is 0 Å². The van der Waals surface area contributed by atoms with E-state index in [2.05, 4.69) is 35.2 Å². The van der Waals surface area contributed by atoms with E-state index in [-0.39, 0.29) is 11.9 Å². The van der Waals surface area contributed by atoms with Crippen LogP contribution in [0.3, 0.4) is 0 Å². The molecule has 0 saturated carbocycles. The van der Waals surface area contributed by atoms with Gasteiger partial charge in [0, 0.05) is 49.5 Å². The van der Waals surface area contributed by atoms with E-state index in [9.17, 15) is 4.79 Å². The van der Waals surface area contributed by atoms with Crippen LogP contribution in [0.2, 0.25) is 0 Å². The van der Waals surface area contributed by atoms with Crippen LogP contribution in [0.1, 0.15) is 12.6 Å². The number of nitrogens with zero attached hydrogens (tertiary/aromatic N) is 7. The lowest BCUT2D eigenvalue weighted by atomic mass is 10.2. The van der Waals surface area contributed by atoms with Crippen LogP contribution in [-0.4, -0.2) is 67.6 Å². The van der Waals surface area contributed by atoms with Gasteiger partial charge in [0.25, 0.3) is 5.78 Å². The first-order chi connectivity index (χ1) is 12.6. The summed E-state index contributed by atoms with van der Waals surface area (Å²) in [5, 5.41) is 9.64. The van der Waals surface area contributed by atoms with Crippen LogP contribution in [0.5, 0.6) is 0 Å². The first-order valence-corrected chi connectivity index (χ1v) is 9.36. The molecular formula is C16H20N8OS. The molecule has 9 nitrogen and oxygen atoms in total. The highest BCUT2D eigenvalue weighted by atomic mass is 32.1. The molecule has 3 aromatic rings. The smallest absolute Gasteiger partial charge is 0.254 e. The monoisotopic (exact) mass is 372 g/mol. The van der Waals surface area contributed by atoms with Crippen molar-refractivity contribution in [3.8, 4) is 0 Å². The Bertz CT molecular complexity index is 900. The molecule has 1 unspecified atom stereocenters. The van der Waals surface area contributed by atoms with Crippen LogP contribution in [0.25, 0.3) is 5.78 Å². The van der Waals surface area contributed by atoms with Gasteiger partial charge in [-0.2, -0.15) is 14.6 Å². The molecule has 4 rings (SSSR count). The lowest BCUT2D eigenvalue weighted by Gasteiger charge is -2.38. The molecule has 0 aliphatic carbocycles. The Morgan fingerprint density at radius 2 is 2.08 bits per heavy atom. The summed E-state index contributed by atoms with van der Waals surface area (Å²) < 4.78 is 1.77. The van der Waals surface area contributed by atoms with Crippen molar-refractivity contribution in [2.75, 3.05) is 36.4 Å². The zero-order valence-corrected chi connectivity index (χ0v) is 15.5. The van der Waals surface area contributed by atoms with Crippen LogP contribution >= 0.6 is 11.3 Å². The summed E-state index contributed by atoms with van der Waals surface area (Å²) in [5.74, 6) is 1.58. The van der Waals surface area contributed by atoms with E-state index in [4.69, 9.17) is 0 Å². The topological polar surface area (TPSA) is 91.5 Å². The molecule has 3 aromatic heterocycles. The number of hydrogen-bond donors (Lipinski definition) is 1. The standard InChI is InChI=1S/C16H20N8OS/c1-11-9-13(24-15(20-11)18-10-19-24)23-6-4-22(5-7-23)12(2)14(25)21-16-17-3-8-26-16/h3,8-10,12H,4-7H2,1-2H3,(H,17,21,25). The van der Waals surface area contributed by atoms with Gasteiger partial charge in [-0.05, 0) is 13.8 Å². The fourth-order valence-electron chi connectivity index (χ4n) is 3.14. The van der Waals surface area contributed by atoms with Gasteiger partial charge in [-0.25, -0.2) is 9.97 Å². The molecule has 1 fully saturated rings. The lowest BCUT2D eigenvalue weighted by molar-refractivity contribution is -0.120. The molecule has 0 bridgehead atoms. The Labute approximate surface area is 154 Å². The van der Waals surface area contributed by atoms with Crippen molar-refractivity contribution in [3.63, 3.8) is 0 Å². The maximum Gasteiger partial charge on any atom is 0.254 e. The van der Waals surface area contributed by atoms with Crippen LogP contribution in [-0.2, 0) is 4.79 Å². The summed E-state index contributed by atoms with van der Waals surface area (Å²) >= 11 is 1.42. The van der Waals surface area contributed by atoms with Gasteiger partial charge in [0.15, 0.2) is 5.13 Å². The average molecular weight is 372 g/mol. The second-order valence-electron chi connectivity index (χ2n) is 6.25. The third-order valence-electron chi connectivity index (χ3n) is 4.59.